The number of rotatable bonds is 56. The first-order chi connectivity index (χ1) is 32.0. The van der Waals surface area contributed by atoms with Gasteiger partial charge in [-0.05, 0) is 25.7 Å². The van der Waals surface area contributed by atoms with Gasteiger partial charge in [-0.3, -0.25) is 9.59 Å². The van der Waals surface area contributed by atoms with Crippen LogP contribution in [0.15, 0.2) is 0 Å². The van der Waals surface area contributed by atoms with Crippen LogP contribution in [0.4, 0.5) is 0 Å². The highest BCUT2D eigenvalue weighted by atomic mass is 16.5. The van der Waals surface area contributed by atoms with Crippen LogP contribution in [0.3, 0.4) is 0 Å². The summed E-state index contributed by atoms with van der Waals surface area (Å²) in [6.45, 7) is 4.97. The molecule has 6 heteroatoms. The number of amides is 1. The molecule has 65 heavy (non-hydrogen) atoms. The molecule has 6 nitrogen and oxygen atoms in total. The van der Waals surface area contributed by atoms with Gasteiger partial charge in [-0.15, -0.1) is 0 Å². The number of ether oxygens (including phenoxy) is 1. The number of aliphatic hydroxyl groups is 2. The van der Waals surface area contributed by atoms with E-state index in [0.717, 1.165) is 44.9 Å². The molecule has 0 fully saturated rings. The Hall–Kier alpha value is -1.14. The summed E-state index contributed by atoms with van der Waals surface area (Å²) < 4.78 is 5.49. The molecule has 0 aliphatic heterocycles. The molecule has 0 aromatic heterocycles. The second kappa shape index (κ2) is 55.5. The zero-order valence-corrected chi connectivity index (χ0v) is 44.3. The Kier molecular flexibility index (Phi) is 54.5. The second-order valence-electron chi connectivity index (χ2n) is 20.7. The van der Waals surface area contributed by atoms with E-state index in [4.69, 9.17) is 4.74 Å². The van der Waals surface area contributed by atoms with Crippen LogP contribution in [-0.2, 0) is 14.3 Å². The summed E-state index contributed by atoms with van der Waals surface area (Å²) in [6.07, 6.45) is 63.8. The van der Waals surface area contributed by atoms with Crippen molar-refractivity contribution in [2.75, 3.05) is 13.2 Å². The van der Waals surface area contributed by atoms with Gasteiger partial charge in [0.25, 0.3) is 0 Å². The molecular formula is C59H117NO5. The highest BCUT2D eigenvalue weighted by Gasteiger charge is 2.20. The predicted molar refractivity (Wildman–Crippen MR) is 283 cm³/mol. The zero-order valence-electron chi connectivity index (χ0n) is 44.3. The summed E-state index contributed by atoms with van der Waals surface area (Å²) in [7, 11) is 0. The quantitative estimate of drug-likeness (QED) is 0.0417. The number of esters is 1. The van der Waals surface area contributed by atoms with Crippen molar-refractivity contribution in [1.29, 1.82) is 0 Å². The monoisotopic (exact) mass is 920 g/mol. The molecule has 0 radical (unpaired) electrons. The first-order valence-corrected chi connectivity index (χ1v) is 29.8. The molecule has 1 amide bonds. The lowest BCUT2D eigenvalue weighted by Gasteiger charge is -2.22. The minimum atomic E-state index is -0.669. The maximum atomic E-state index is 12.5. The molecule has 0 saturated heterocycles. The number of unbranched alkanes of at least 4 members (excludes halogenated alkanes) is 45. The molecule has 388 valence electrons. The highest BCUT2D eigenvalue weighted by molar-refractivity contribution is 5.76. The molecule has 0 aromatic rings. The third kappa shape index (κ3) is 52.1. The van der Waals surface area contributed by atoms with Gasteiger partial charge in [0, 0.05) is 12.8 Å². The summed E-state index contributed by atoms with van der Waals surface area (Å²) in [6, 6.07) is -0.546. The SMILES string of the molecule is CCCCCCCCCCCCCCCCCCCC(=O)OCCCCCCCCCCCCCCCCCC(=O)NC(CO)C(O)CCCCCCCCCCCCCCCCCC. The van der Waals surface area contributed by atoms with E-state index in [9.17, 15) is 19.8 Å². The number of hydrogen-bond donors (Lipinski definition) is 3. The number of aliphatic hydroxyl groups excluding tert-OH is 2. The Bertz CT molecular complexity index is 928. The zero-order chi connectivity index (χ0) is 47.2. The maximum absolute atomic E-state index is 12.5. The third-order valence-corrected chi connectivity index (χ3v) is 14.2. The molecule has 0 aromatic carbocycles. The smallest absolute Gasteiger partial charge is 0.305 e. The standard InChI is InChI=1S/C59H117NO5/c1-3-5-7-9-11-13-15-17-19-21-25-29-33-37-41-45-49-53-59(64)65-54-50-46-42-38-34-30-26-22-24-28-32-36-40-44-48-52-58(63)60-56(55-61)57(62)51-47-43-39-35-31-27-23-20-18-16-14-12-10-8-6-4-2/h56-57,61-62H,3-55H2,1-2H3,(H,60,63). The lowest BCUT2D eigenvalue weighted by molar-refractivity contribution is -0.143. The highest BCUT2D eigenvalue weighted by Crippen LogP contribution is 2.18. The molecule has 0 saturated carbocycles. The van der Waals surface area contributed by atoms with Crippen molar-refractivity contribution >= 4 is 11.9 Å². The van der Waals surface area contributed by atoms with Gasteiger partial charge in [-0.2, -0.15) is 0 Å². The van der Waals surface area contributed by atoms with Gasteiger partial charge >= 0.3 is 5.97 Å². The topological polar surface area (TPSA) is 95.9 Å². The fourth-order valence-electron chi connectivity index (χ4n) is 9.58. The molecule has 0 bridgehead atoms. The summed E-state index contributed by atoms with van der Waals surface area (Å²) >= 11 is 0. The van der Waals surface area contributed by atoms with E-state index in [1.807, 2.05) is 0 Å². The lowest BCUT2D eigenvalue weighted by atomic mass is 10.0. The van der Waals surface area contributed by atoms with Crippen molar-refractivity contribution in [3.8, 4) is 0 Å². The third-order valence-electron chi connectivity index (χ3n) is 14.2. The largest absolute Gasteiger partial charge is 0.466 e. The molecule has 0 spiro atoms. The van der Waals surface area contributed by atoms with Crippen LogP contribution in [0.25, 0.3) is 0 Å². The van der Waals surface area contributed by atoms with Gasteiger partial charge in [0.15, 0.2) is 0 Å². The fourth-order valence-corrected chi connectivity index (χ4v) is 9.58. The van der Waals surface area contributed by atoms with Crippen LogP contribution in [0.1, 0.15) is 341 Å². The van der Waals surface area contributed by atoms with Crippen molar-refractivity contribution in [2.24, 2.45) is 0 Å². The van der Waals surface area contributed by atoms with Crippen molar-refractivity contribution in [3.05, 3.63) is 0 Å². The number of carbonyl (C=O) groups is 2. The summed E-state index contributed by atoms with van der Waals surface area (Å²) in [5.41, 5.74) is 0. The molecule has 2 unspecified atom stereocenters. The van der Waals surface area contributed by atoms with Crippen LogP contribution >= 0.6 is 0 Å². The van der Waals surface area contributed by atoms with E-state index in [0.29, 0.717) is 25.9 Å². The Morgan fingerprint density at radius 2 is 0.631 bits per heavy atom. The van der Waals surface area contributed by atoms with E-state index >= 15 is 0 Å². The first-order valence-electron chi connectivity index (χ1n) is 29.8. The minimum Gasteiger partial charge on any atom is -0.466 e. The van der Waals surface area contributed by atoms with Crippen molar-refractivity contribution in [3.63, 3.8) is 0 Å². The fraction of sp³-hybridized carbons (Fsp3) is 0.966. The molecule has 0 aliphatic carbocycles. The molecule has 0 rings (SSSR count). The van der Waals surface area contributed by atoms with Gasteiger partial charge in [0.1, 0.15) is 0 Å². The van der Waals surface area contributed by atoms with E-state index in [2.05, 4.69) is 19.2 Å². The Labute approximate surface area is 406 Å². The average molecular weight is 921 g/mol. The lowest BCUT2D eigenvalue weighted by Crippen LogP contribution is -2.45. The Morgan fingerprint density at radius 1 is 0.369 bits per heavy atom. The normalized spacial score (nSPS) is 12.5. The molecule has 0 aliphatic rings. The van der Waals surface area contributed by atoms with Crippen LogP contribution in [0.5, 0.6) is 0 Å². The predicted octanol–water partition coefficient (Wildman–Crippen LogP) is 18.3. The van der Waals surface area contributed by atoms with E-state index in [1.165, 1.54) is 263 Å². The van der Waals surface area contributed by atoms with Crippen LogP contribution in [0.2, 0.25) is 0 Å². The van der Waals surface area contributed by atoms with Gasteiger partial charge < -0.3 is 20.3 Å². The average Bonchev–Trinajstić information content (AvgIpc) is 3.31. The molecule has 3 N–H and O–H groups in total. The first kappa shape index (κ1) is 63.9. The van der Waals surface area contributed by atoms with Crippen LogP contribution in [-0.4, -0.2) is 47.4 Å². The maximum Gasteiger partial charge on any atom is 0.305 e. The summed E-state index contributed by atoms with van der Waals surface area (Å²) in [5, 5.41) is 23.3. The van der Waals surface area contributed by atoms with Crippen molar-refractivity contribution in [2.45, 2.75) is 353 Å². The second-order valence-corrected chi connectivity index (χ2v) is 20.7. The number of nitrogens with one attached hydrogen (secondary N) is 1. The summed E-state index contributed by atoms with van der Waals surface area (Å²) in [5.74, 6) is -0.0343. The Morgan fingerprint density at radius 3 is 0.938 bits per heavy atom. The molecular weight excluding hydrogens is 803 g/mol. The Balaban J connectivity index is 3.40. The van der Waals surface area contributed by atoms with Crippen LogP contribution < -0.4 is 5.32 Å². The van der Waals surface area contributed by atoms with Crippen molar-refractivity contribution in [1.82, 2.24) is 5.32 Å². The minimum absolute atomic E-state index is 0.00577. The van der Waals surface area contributed by atoms with Gasteiger partial charge in [-0.1, -0.05) is 303 Å². The van der Waals surface area contributed by atoms with Gasteiger partial charge in [0.05, 0.1) is 25.4 Å². The number of carbonyl (C=O) groups excluding carboxylic acids is 2. The summed E-state index contributed by atoms with van der Waals surface area (Å²) in [4.78, 5) is 24.6. The van der Waals surface area contributed by atoms with E-state index in [-0.39, 0.29) is 18.5 Å². The number of hydrogen-bond acceptors (Lipinski definition) is 5. The van der Waals surface area contributed by atoms with Crippen molar-refractivity contribution < 1.29 is 24.5 Å². The van der Waals surface area contributed by atoms with Gasteiger partial charge in [0.2, 0.25) is 5.91 Å². The van der Waals surface area contributed by atoms with E-state index in [1.54, 1.807) is 0 Å². The van der Waals surface area contributed by atoms with Crippen LogP contribution in [0, 0.1) is 0 Å². The molecule has 0 heterocycles. The molecule has 2 atom stereocenters. The van der Waals surface area contributed by atoms with E-state index < -0.39 is 12.1 Å². The van der Waals surface area contributed by atoms with Gasteiger partial charge in [-0.25, -0.2) is 0 Å².